The highest BCUT2D eigenvalue weighted by Gasteiger charge is 2.33. The molecule has 5 nitrogen and oxygen atoms in total. The molecule has 0 bridgehead atoms. The summed E-state index contributed by atoms with van der Waals surface area (Å²) >= 11 is 0. The van der Waals surface area contributed by atoms with E-state index in [4.69, 9.17) is 5.84 Å². The molecule has 0 spiro atoms. The van der Waals surface area contributed by atoms with Gasteiger partial charge in [0, 0.05) is 0 Å². The standard InChI is InChI=1S/C10H11F3N2O3/c1-2-17-9(16)6-4-3-5-7(8(6)15-14)18-10(11,12)13/h3-5,15H,2,14H2,1H3. The molecule has 0 atom stereocenters. The molecule has 1 aromatic rings. The number of carbonyl (C=O) groups is 1. The van der Waals surface area contributed by atoms with Crippen molar-refractivity contribution < 1.29 is 27.4 Å². The molecule has 0 radical (unpaired) electrons. The second-order valence-electron chi connectivity index (χ2n) is 3.09. The second-order valence-corrected chi connectivity index (χ2v) is 3.09. The molecular weight excluding hydrogens is 253 g/mol. The number of rotatable bonds is 4. The lowest BCUT2D eigenvalue weighted by Gasteiger charge is -2.15. The first-order valence-corrected chi connectivity index (χ1v) is 4.91. The Hall–Kier alpha value is -1.96. The van der Waals surface area contributed by atoms with Gasteiger partial charge >= 0.3 is 12.3 Å². The number of benzene rings is 1. The summed E-state index contributed by atoms with van der Waals surface area (Å²) in [4.78, 5) is 11.5. The minimum atomic E-state index is -4.88. The van der Waals surface area contributed by atoms with Gasteiger partial charge in [-0.2, -0.15) is 0 Å². The van der Waals surface area contributed by atoms with Gasteiger partial charge in [-0.15, -0.1) is 13.2 Å². The van der Waals surface area contributed by atoms with Crippen LogP contribution >= 0.6 is 0 Å². The summed E-state index contributed by atoms with van der Waals surface area (Å²) in [6.07, 6.45) is -4.88. The van der Waals surface area contributed by atoms with Crippen molar-refractivity contribution in [3.8, 4) is 5.75 Å². The SMILES string of the molecule is CCOC(=O)c1cccc(OC(F)(F)F)c1NN. The van der Waals surface area contributed by atoms with E-state index >= 15 is 0 Å². The first-order chi connectivity index (χ1) is 8.39. The predicted molar refractivity (Wildman–Crippen MR) is 56.9 cm³/mol. The number of hydrazine groups is 1. The normalized spacial score (nSPS) is 10.9. The maximum Gasteiger partial charge on any atom is 0.573 e. The fraction of sp³-hybridized carbons (Fsp3) is 0.300. The van der Waals surface area contributed by atoms with E-state index in [1.807, 2.05) is 5.43 Å². The van der Waals surface area contributed by atoms with Crippen molar-refractivity contribution in [2.24, 2.45) is 5.84 Å². The van der Waals surface area contributed by atoms with Crippen molar-refractivity contribution in [2.45, 2.75) is 13.3 Å². The van der Waals surface area contributed by atoms with Crippen LogP contribution in [0.1, 0.15) is 17.3 Å². The van der Waals surface area contributed by atoms with Crippen LogP contribution in [-0.2, 0) is 4.74 Å². The fourth-order valence-electron chi connectivity index (χ4n) is 1.27. The quantitative estimate of drug-likeness (QED) is 0.494. The zero-order valence-corrected chi connectivity index (χ0v) is 9.38. The van der Waals surface area contributed by atoms with Crippen molar-refractivity contribution in [1.82, 2.24) is 0 Å². The van der Waals surface area contributed by atoms with E-state index < -0.39 is 18.1 Å². The Bertz CT molecular complexity index is 435. The van der Waals surface area contributed by atoms with Crippen LogP contribution in [-0.4, -0.2) is 18.9 Å². The molecule has 0 fully saturated rings. The van der Waals surface area contributed by atoms with Crippen LogP contribution in [0.5, 0.6) is 5.75 Å². The number of ether oxygens (including phenoxy) is 2. The molecule has 0 aliphatic carbocycles. The first kappa shape index (κ1) is 14.1. The molecule has 3 N–H and O–H groups in total. The lowest BCUT2D eigenvalue weighted by molar-refractivity contribution is -0.274. The monoisotopic (exact) mass is 264 g/mol. The molecule has 0 saturated heterocycles. The van der Waals surface area contributed by atoms with Crippen LogP contribution in [0.3, 0.4) is 0 Å². The minimum Gasteiger partial charge on any atom is -0.462 e. The Morgan fingerprint density at radius 3 is 2.61 bits per heavy atom. The molecule has 0 aliphatic heterocycles. The van der Waals surface area contributed by atoms with Crippen molar-refractivity contribution in [3.05, 3.63) is 23.8 Å². The highest BCUT2D eigenvalue weighted by atomic mass is 19.4. The van der Waals surface area contributed by atoms with Gasteiger partial charge in [-0.05, 0) is 19.1 Å². The number of nitrogen functional groups attached to an aromatic ring is 1. The van der Waals surface area contributed by atoms with Crippen molar-refractivity contribution >= 4 is 11.7 Å². The maximum atomic E-state index is 12.1. The number of halogens is 3. The molecule has 18 heavy (non-hydrogen) atoms. The topological polar surface area (TPSA) is 73.6 Å². The van der Waals surface area contributed by atoms with Gasteiger partial charge in [0.15, 0.2) is 5.75 Å². The third-order valence-corrected chi connectivity index (χ3v) is 1.89. The van der Waals surface area contributed by atoms with Crippen molar-refractivity contribution in [2.75, 3.05) is 12.0 Å². The number of esters is 1. The molecule has 0 saturated carbocycles. The van der Waals surface area contributed by atoms with E-state index in [0.717, 1.165) is 6.07 Å². The number of carbonyl (C=O) groups excluding carboxylic acids is 1. The number of alkyl halides is 3. The molecule has 0 unspecified atom stereocenters. The van der Waals surface area contributed by atoms with Gasteiger partial charge in [-0.3, -0.25) is 5.84 Å². The average Bonchev–Trinajstić information content (AvgIpc) is 2.27. The number of nitrogens with one attached hydrogen (secondary N) is 1. The highest BCUT2D eigenvalue weighted by molar-refractivity contribution is 5.97. The summed E-state index contributed by atoms with van der Waals surface area (Å²) in [5.41, 5.74) is 1.58. The zero-order chi connectivity index (χ0) is 13.8. The summed E-state index contributed by atoms with van der Waals surface area (Å²) in [6.45, 7) is 1.66. The lowest BCUT2D eigenvalue weighted by atomic mass is 10.1. The Morgan fingerprint density at radius 1 is 1.44 bits per heavy atom. The van der Waals surface area contributed by atoms with Gasteiger partial charge in [-0.1, -0.05) is 6.07 Å². The smallest absolute Gasteiger partial charge is 0.462 e. The number of nitrogens with two attached hydrogens (primary N) is 1. The maximum absolute atomic E-state index is 12.1. The Balaban J connectivity index is 3.14. The van der Waals surface area contributed by atoms with Gasteiger partial charge in [0.2, 0.25) is 0 Å². The number of para-hydroxylation sites is 1. The summed E-state index contributed by atoms with van der Waals surface area (Å²) in [6, 6.07) is 3.54. The third-order valence-electron chi connectivity index (χ3n) is 1.89. The van der Waals surface area contributed by atoms with E-state index in [0.29, 0.717) is 0 Å². The molecule has 0 amide bonds. The third kappa shape index (κ3) is 3.52. The van der Waals surface area contributed by atoms with Crippen LogP contribution in [0.4, 0.5) is 18.9 Å². The van der Waals surface area contributed by atoms with E-state index in [-0.39, 0.29) is 17.9 Å². The Morgan fingerprint density at radius 2 is 2.11 bits per heavy atom. The second kappa shape index (κ2) is 5.58. The van der Waals surface area contributed by atoms with Gasteiger partial charge in [0.1, 0.15) is 5.69 Å². The predicted octanol–water partition coefficient (Wildman–Crippen LogP) is 2.05. The molecule has 1 aromatic carbocycles. The molecule has 8 heteroatoms. The van der Waals surface area contributed by atoms with Gasteiger partial charge < -0.3 is 14.9 Å². The number of hydrogen-bond donors (Lipinski definition) is 2. The minimum absolute atomic E-state index is 0.0905. The summed E-state index contributed by atoms with van der Waals surface area (Å²) < 4.78 is 44.8. The van der Waals surface area contributed by atoms with E-state index in [2.05, 4.69) is 9.47 Å². The van der Waals surface area contributed by atoms with Crippen molar-refractivity contribution in [3.63, 3.8) is 0 Å². The van der Waals surface area contributed by atoms with Crippen LogP contribution in [0, 0.1) is 0 Å². The molecular formula is C10H11F3N2O3. The van der Waals surface area contributed by atoms with E-state index in [1.165, 1.54) is 12.1 Å². The van der Waals surface area contributed by atoms with Crippen LogP contribution in [0.2, 0.25) is 0 Å². The Kier molecular flexibility index (Phi) is 4.38. The van der Waals surface area contributed by atoms with Crippen molar-refractivity contribution in [1.29, 1.82) is 0 Å². The Labute approximate surface area is 101 Å². The largest absolute Gasteiger partial charge is 0.573 e. The molecule has 0 aromatic heterocycles. The van der Waals surface area contributed by atoms with Gasteiger partial charge in [0.05, 0.1) is 12.2 Å². The number of hydrogen-bond acceptors (Lipinski definition) is 5. The molecule has 0 aliphatic rings. The van der Waals surface area contributed by atoms with Crippen LogP contribution < -0.4 is 16.0 Å². The van der Waals surface area contributed by atoms with Gasteiger partial charge in [0.25, 0.3) is 0 Å². The first-order valence-electron chi connectivity index (χ1n) is 4.91. The average molecular weight is 264 g/mol. The molecule has 0 heterocycles. The summed E-state index contributed by atoms with van der Waals surface area (Å²) in [7, 11) is 0. The molecule has 1 rings (SSSR count). The zero-order valence-electron chi connectivity index (χ0n) is 9.38. The van der Waals surface area contributed by atoms with Crippen LogP contribution in [0.15, 0.2) is 18.2 Å². The lowest BCUT2D eigenvalue weighted by Crippen LogP contribution is -2.21. The number of anilines is 1. The van der Waals surface area contributed by atoms with E-state index in [9.17, 15) is 18.0 Å². The van der Waals surface area contributed by atoms with E-state index in [1.54, 1.807) is 6.92 Å². The molecule has 100 valence electrons. The summed E-state index contributed by atoms with van der Waals surface area (Å²) in [5.74, 6) is 3.70. The highest BCUT2D eigenvalue weighted by Crippen LogP contribution is 2.32. The van der Waals surface area contributed by atoms with Gasteiger partial charge in [-0.25, -0.2) is 4.79 Å². The fourth-order valence-corrected chi connectivity index (χ4v) is 1.27. The van der Waals surface area contributed by atoms with Crippen LogP contribution in [0.25, 0.3) is 0 Å². The summed E-state index contributed by atoms with van der Waals surface area (Å²) in [5, 5.41) is 0.